The Labute approximate surface area is 93.2 Å². The van der Waals surface area contributed by atoms with E-state index in [1.807, 2.05) is 0 Å². The van der Waals surface area contributed by atoms with Gasteiger partial charge >= 0.3 is 0 Å². The van der Waals surface area contributed by atoms with Crippen LogP contribution >= 0.6 is 0 Å². The van der Waals surface area contributed by atoms with E-state index in [0.717, 1.165) is 6.42 Å². The molecule has 0 aromatic rings. The molecule has 0 radical (unpaired) electrons. The van der Waals surface area contributed by atoms with E-state index in [1.165, 1.54) is 0 Å². The smallest absolute Gasteiger partial charge is 0.235 e. The van der Waals surface area contributed by atoms with Gasteiger partial charge in [-0.15, -0.1) is 0 Å². The highest BCUT2D eigenvalue weighted by Crippen LogP contribution is 1.95. The maximum atomic E-state index is 11.4. The minimum absolute atomic E-state index is 0.183. The van der Waals surface area contributed by atoms with Crippen molar-refractivity contribution in [2.75, 3.05) is 32.6 Å². The highest BCUT2D eigenvalue weighted by Gasteiger charge is 2.18. The zero-order valence-electron chi connectivity index (χ0n) is 9.32. The van der Waals surface area contributed by atoms with Crippen LogP contribution in [0.2, 0.25) is 0 Å². The summed E-state index contributed by atoms with van der Waals surface area (Å²) >= 11 is 0. The molecule has 0 rings (SSSR count). The molecule has 15 heavy (non-hydrogen) atoms. The molecule has 0 fully saturated rings. The van der Waals surface area contributed by atoms with E-state index in [4.69, 9.17) is 10.5 Å². The Bertz CT molecular complexity index is 212. The average molecular weight is 236 g/mol. The van der Waals surface area contributed by atoms with Crippen LogP contribution in [0.5, 0.6) is 0 Å². The number of nitrogens with two attached hydrogens (primary N) is 1. The predicted octanol–water partition coefficient (Wildman–Crippen LogP) is -0.765. The van der Waals surface area contributed by atoms with Gasteiger partial charge in [0, 0.05) is 43.4 Å². The van der Waals surface area contributed by atoms with Gasteiger partial charge in [0.2, 0.25) is 5.91 Å². The third kappa shape index (κ3) is 6.59. The minimum Gasteiger partial charge on any atom is -0.385 e. The van der Waals surface area contributed by atoms with E-state index in [9.17, 15) is 9.00 Å². The molecule has 90 valence electrons. The summed E-state index contributed by atoms with van der Waals surface area (Å²) in [7, 11) is 0.441. The summed E-state index contributed by atoms with van der Waals surface area (Å²) in [4.78, 5) is 11.4. The average Bonchev–Trinajstić information content (AvgIpc) is 2.23. The van der Waals surface area contributed by atoms with Crippen LogP contribution in [0.1, 0.15) is 13.3 Å². The number of hydrogen-bond acceptors (Lipinski definition) is 4. The van der Waals surface area contributed by atoms with Gasteiger partial charge in [0.1, 0.15) is 5.25 Å². The molecular formula is C9H20N2O3S. The molecule has 0 aliphatic rings. The maximum Gasteiger partial charge on any atom is 0.235 e. The lowest BCUT2D eigenvalue weighted by atomic mass is 10.4. The minimum atomic E-state index is -1.17. The zero-order chi connectivity index (χ0) is 11.7. The molecule has 0 heterocycles. The fourth-order valence-electron chi connectivity index (χ4n) is 0.984. The molecule has 2 atom stereocenters. The van der Waals surface area contributed by atoms with E-state index in [0.29, 0.717) is 25.4 Å². The Morgan fingerprint density at radius 2 is 2.27 bits per heavy atom. The second-order valence-electron chi connectivity index (χ2n) is 3.15. The van der Waals surface area contributed by atoms with Crippen molar-refractivity contribution in [2.45, 2.75) is 18.6 Å². The number of methoxy groups -OCH3 is 1. The molecule has 3 N–H and O–H groups in total. The van der Waals surface area contributed by atoms with Gasteiger partial charge in [0.25, 0.3) is 0 Å². The molecule has 5 nitrogen and oxygen atoms in total. The van der Waals surface area contributed by atoms with E-state index in [2.05, 4.69) is 5.32 Å². The highest BCUT2D eigenvalue weighted by atomic mass is 32.2. The van der Waals surface area contributed by atoms with Gasteiger partial charge in [0.05, 0.1) is 0 Å². The van der Waals surface area contributed by atoms with Crippen LogP contribution < -0.4 is 11.1 Å². The first-order valence-electron chi connectivity index (χ1n) is 4.97. The first-order chi connectivity index (χ1) is 7.13. The van der Waals surface area contributed by atoms with Crippen molar-refractivity contribution in [1.29, 1.82) is 0 Å². The molecule has 0 saturated heterocycles. The van der Waals surface area contributed by atoms with Crippen molar-refractivity contribution < 1.29 is 13.7 Å². The first kappa shape index (κ1) is 14.5. The van der Waals surface area contributed by atoms with Gasteiger partial charge in [0.15, 0.2) is 0 Å². The predicted molar refractivity (Wildman–Crippen MR) is 61.0 cm³/mol. The standard InChI is InChI=1S/C9H20N2O3S/c1-8(15(13)7-4-10)9(12)11-5-3-6-14-2/h8H,3-7,10H2,1-2H3,(H,11,12). The van der Waals surface area contributed by atoms with Crippen molar-refractivity contribution in [3.05, 3.63) is 0 Å². The molecule has 0 aliphatic heterocycles. The molecule has 0 bridgehead atoms. The Kier molecular flexibility index (Phi) is 8.55. The summed E-state index contributed by atoms with van der Waals surface area (Å²) < 4.78 is 16.3. The van der Waals surface area contributed by atoms with Gasteiger partial charge in [-0.3, -0.25) is 9.00 Å². The lowest BCUT2D eigenvalue weighted by Gasteiger charge is -2.11. The summed E-state index contributed by atoms with van der Waals surface area (Å²) in [6, 6.07) is 0. The molecular weight excluding hydrogens is 216 g/mol. The van der Waals surface area contributed by atoms with E-state index in [1.54, 1.807) is 14.0 Å². The molecule has 0 saturated carbocycles. The van der Waals surface area contributed by atoms with Crippen molar-refractivity contribution in [3.63, 3.8) is 0 Å². The SMILES string of the molecule is COCCCNC(=O)C(C)S(=O)CCN. The Hall–Kier alpha value is -0.460. The summed E-state index contributed by atoms with van der Waals surface area (Å²) in [6.45, 7) is 3.16. The second kappa shape index (κ2) is 8.82. The molecule has 6 heteroatoms. The van der Waals surface area contributed by atoms with Crippen molar-refractivity contribution in [3.8, 4) is 0 Å². The van der Waals surface area contributed by atoms with Gasteiger partial charge < -0.3 is 15.8 Å². The second-order valence-corrected chi connectivity index (χ2v) is 5.03. The number of carbonyl (C=O) groups is 1. The number of amides is 1. The third-order valence-corrected chi connectivity index (χ3v) is 3.55. The largest absolute Gasteiger partial charge is 0.385 e. The van der Waals surface area contributed by atoms with Crippen molar-refractivity contribution >= 4 is 16.7 Å². The highest BCUT2D eigenvalue weighted by molar-refractivity contribution is 7.86. The van der Waals surface area contributed by atoms with E-state index in [-0.39, 0.29) is 5.91 Å². The number of nitrogens with one attached hydrogen (secondary N) is 1. The van der Waals surface area contributed by atoms with Crippen LogP contribution in [0, 0.1) is 0 Å². The topological polar surface area (TPSA) is 81.4 Å². The Balaban J connectivity index is 3.73. The Morgan fingerprint density at radius 3 is 2.80 bits per heavy atom. The number of rotatable bonds is 8. The molecule has 0 aliphatic carbocycles. The molecule has 0 aromatic carbocycles. The van der Waals surface area contributed by atoms with Gasteiger partial charge in [-0.25, -0.2) is 0 Å². The molecule has 1 amide bonds. The first-order valence-corrected chi connectivity index (χ1v) is 6.35. The van der Waals surface area contributed by atoms with Gasteiger partial charge in [-0.2, -0.15) is 0 Å². The van der Waals surface area contributed by atoms with Crippen LogP contribution in [0.3, 0.4) is 0 Å². The lowest BCUT2D eigenvalue weighted by Crippen LogP contribution is -2.37. The van der Waals surface area contributed by atoms with Crippen molar-refractivity contribution in [2.24, 2.45) is 5.73 Å². The lowest BCUT2D eigenvalue weighted by molar-refractivity contribution is -0.120. The van der Waals surface area contributed by atoms with Crippen LogP contribution in [0.25, 0.3) is 0 Å². The van der Waals surface area contributed by atoms with Crippen LogP contribution in [-0.2, 0) is 20.3 Å². The number of carbonyl (C=O) groups excluding carboxylic acids is 1. The fraction of sp³-hybridized carbons (Fsp3) is 0.889. The molecule has 2 unspecified atom stereocenters. The molecule has 0 aromatic heterocycles. The number of hydrogen-bond donors (Lipinski definition) is 2. The van der Waals surface area contributed by atoms with E-state index >= 15 is 0 Å². The van der Waals surface area contributed by atoms with Crippen LogP contribution in [-0.4, -0.2) is 47.9 Å². The zero-order valence-corrected chi connectivity index (χ0v) is 10.1. The molecule has 0 spiro atoms. The maximum absolute atomic E-state index is 11.4. The monoisotopic (exact) mass is 236 g/mol. The van der Waals surface area contributed by atoms with Crippen molar-refractivity contribution in [1.82, 2.24) is 5.32 Å². The number of ether oxygens (including phenoxy) is 1. The third-order valence-electron chi connectivity index (χ3n) is 1.91. The quantitative estimate of drug-likeness (QED) is 0.543. The summed E-state index contributed by atoms with van der Waals surface area (Å²) in [6.07, 6.45) is 0.762. The fourth-order valence-corrected chi connectivity index (χ4v) is 1.89. The summed E-state index contributed by atoms with van der Waals surface area (Å²) in [5, 5.41) is 2.21. The van der Waals surface area contributed by atoms with Gasteiger partial charge in [-0.05, 0) is 13.3 Å². The van der Waals surface area contributed by atoms with E-state index < -0.39 is 16.0 Å². The van der Waals surface area contributed by atoms with Crippen LogP contribution in [0.4, 0.5) is 0 Å². The van der Waals surface area contributed by atoms with Crippen LogP contribution in [0.15, 0.2) is 0 Å². The van der Waals surface area contributed by atoms with Gasteiger partial charge in [-0.1, -0.05) is 0 Å². The summed E-state index contributed by atoms with van der Waals surface area (Å²) in [5.74, 6) is 0.185. The Morgan fingerprint density at radius 1 is 1.60 bits per heavy atom. The normalized spacial score (nSPS) is 14.6. The summed E-state index contributed by atoms with van der Waals surface area (Å²) in [5.41, 5.74) is 5.27.